The van der Waals surface area contributed by atoms with Crippen molar-refractivity contribution in [1.29, 1.82) is 0 Å². The van der Waals surface area contributed by atoms with Gasteiger partial charge in [-0.15, -0.1) is 0 Å². The van der Waals surface area contributed by atoms with Gasteiger partial charge >= 0.3 is 0 Å². The summed E-state index contributed by atoms with van der Waals surface area (Å²) >= 11 is 0. The number of amides is 1. The number of nitrogens with one attached hydrogen (secondary N) is 1. The summed E-state index contributed by atoms with van der Waals surface area (Å²) in [7, 11) is 0. The highest BCUT2D eigenvalue weighted by Crippen LogP contribution is 2.40. The summed E-state index contributed by atoms with van der Waals surface area (Å²) in [4.78, 5) is 11.9. The molecule has 4 heteroatoms. The Kier molecular flexibility index (Phi) is 5.22. The lowest BCUT2D eigenvalue weighted by molar-refractivity contribution is -0.128. The molecule has 2 fully saturated rings. The second-order valence-electron chi connectivity index (χ2n) is 6.17. The smallest absolute Gasteiger partial charge is 0.240 e. The molecule has 19 heavy (non-hydrogen) atoms. The van der Waals surface area contributed by atoms with Crippen molar-refractivity contribution in [3.8, 4) is 0 Å². The quantitative estimate of drug-likeness (QED) is 0.594. The molecule has 0 bridgehead atoms. The molecule has 0 saturated heterocycles. The predicted octanol–water partition coefficient (Wildman–Crippen LogP) is 1.83. The largest absolute Gasteiger partial charge is 0.379 e. The Balaban J connectivity index is 1.79. The fourth-order valence-corrected chi connectivity index (χ4v) is 2.86. The second kappa shape index (κ2) is 6.71. The van der Waals surface area contributed by atoms with Gasteiger partial charge in [0.2, 0.25) is 5.91 Å². The molecule has 0 aromatic rings. The number of hydrogen-bond acceptors (Lipinski definition) is 3. The van der Waals surface area contributed by atoms with Crippen LogP contribution in [0.1, 0.15) is 51.9 Å². The number of rotatable bonds is 10. The maximum atomic E-state index is 11.9. The van der Waals surface area contributed by atoms with E-state index in [0.717, 1.165) is 44.8 Å². The number of carbonyl (C=O) groups excluding carboxylic acids is 1. The maximum absolute atomic E-state index is 11.9. The highest BCUT2D eigenvalue weighted by molar-refractivity contribution is 5.85. The lowest BCUT2D eigenvalue weighted by atomic mass is 9.83. The number of ether oxygens (including phenoxy) is 1. The molecule has 0 aromatic carbocycles. The van der Waals surface area contributed by atoms with E-state index in [4.69, 9.17) is 10.5 Å². The van der Waals surface area contributed by atoms with Gasteiger partial charge in [0.25, 0.3) is 0 Å². The summed E-state index contributed by atoms with van der Waals surface area (Å²) in [5.41, 5.74) is 5.04. The van der Waals surface area contributed by atoms with Crippen LogP contribution in [0, 0.1) is 11.8 Å². The van der Waals surface area contributed by atoms with Gasteiger partial charge in [-0.05, 0) is 44.1 Å². The van der Waals surface area contributed by atoms with Crippen molar-refractivity contribution < 1.29 is 9.53 Å². The van der Waals surface area contributed by atoms with Gasteiger partial charge in [-0.1, -0.05) is 26.2 Å². The molecule has 0 spiro atoms. The van der Waals surface area contributed by atoms with Gasteiger partial charge in [0.1, 0.15) is 5.54 Å². The zero-order chi connectivity index (χ0) is 13.7. The van der Waals surface area contributed by atoms with Gasteiger partial charge in [-0.2, -0.15) is 0 Å². The molecule has 3 N–H and O–H groups in total. The molecule has 0 heterocycles. The summed E-state index contributed by atoms with van der Waals surface area (Å²) in [5.74, 6) is 0.986. The standard InChI is InChI=1S/C15H28N2O2/c1-2-9-17-15(14(16)18,13-6-7-13)11-19-10-8-12-4-3-5-12/h12-13,17H,2-11H2,1H3,(H2,16,18). The monoisotopic (exact) mass is 268 g/mol. The second-order valence-corrected chi connectivity index (χ2v) is 6.17. The first kappa shape index (κ1) is 14.8. The molecule has 1 atom stereocenters. The Bertz CT molecular complexity index is 301. The van der Waals surface area contributed by atoms with Gasteiger partial charge in [-0.3, -0.25) is 4.79 Å². The normalized spacial score (nSPS) is 22.8. The number of primary amides is 1. The highest BCUT2D eigenvalue weighted by Gasteiger charge is 2.49. The fraction of sp³-hybridized carbons (Fsp3) is 0.933. The molecule has 2 aliphatic carbocycles. The van der Waals surface area contributed by atoms with Crippen LogP contribution in [0.3, 0.4) is 0 Å². The molecule has 4 nitrogen and oxygen atoms in total. The first-order valence-electron chi connectivity index (χ1n) is 7.81. The van der Waals surface area contributed by atoms with Crippen molar-refractivity contribution in [2.75, 3.05) is 19.8 Å². The summed E-state index contributed by atoms with van der Waals surface area (Å²) in [5, 5.41) is 3.36. The van der Waals surface area contributed by atoms with Crippen LogP contribution in [0.5, 0.6) is 0 Å². The molecule has 0 aromatic heterocycles. The molecule has 0 radical (unpaired) electrons. The molecule has 1 amide bonds. The summed E-state index contributed by atoms with van der Waals surface area (Å²) in [6.07, 6.45) is 8.38. The van der Waals surface area contributed by atoms with Crippen molar-refractivity contribution in [3.05, 3.63) is 0 Å². The number of carbonyl (C=O) groups is 1. The minimum atomic E-state index is -0.615. The minimum absolute atomic E-state index is 0.243. The summed E-state index contributed by atoms with van der Waals surface area (Å²) in [6, 6.07) is 0. The molecule has 2 aliphatic rings. The number of nitrogens with two attached hydrogens (primary N) is 1. The SMILES string of the molecule is CCCNC(COCCC1CCC1)(C(N)=O)C1CC1. The van der Waals surface area contributed by atoms with Crippen LogP contribution in [-0.4, -0.2) is 31.2 Å². The van der Waals surface area contributed by atoms with E-state index in [-0.39, 0.29) is 5.91 Å². The van der Waals surface area contributed by atoms with Crippen molar-refractivity contribution >= 4 is 5.91 Å². The zero-order valence-corrected chi connectivity index (χ0v) is 12.1. The van der Waals surface area contributed by atoms with Crippen molar-refractivity contribution in [1.82, 2.24) is 5.32 Å². The van der Waals surface area contributed by atoms with Crippen molar-refractivity contribution in [2.24, 2.45) is 17.6 Å². The van der Waals surface area contributed by atoms with Crippen LogP contribution in [0.2, 0.25) is 0 Å². The Labute approximate surface area is 116 Å². The van der Waals surface area contributed by atoms with Gasteiger partial charge < -0.3 is 15.8 Å². The molecule has 110 valence electrons. The van der Waals surface area contributed by atoms with E-state index < -0.39 is 5.54 Å². The van der Waals surface area contributed by atoms with E-state index in [9.17, 15) is 4.79 Å². The van der Waals surface area contributed by atoms with Crippen molar-refractivity contribution in [2.45, 2.75) is 57.4 Å². The lowest BCUT2D eigenvalue weighted by Crippen LogP contribution is -2.60. The van der Waals surface area contributed by atoms with Crippen LogP contribution >= 0.6 is 0 Å². The lowest BCUT2D eigenvalue weighted by Gasteiger charge is -2.32. The zero-order valence-electron chi connectivity index (χ0n) is 12.1. The minimum Gasteiger partial charge on any atom is -0.379 e. The fourth-order valence-electron chi connectivity index (χ4n) is 2.86. The van der Waals surface area contributed by atoms with Gasteiger partial charge in [0.05, 0.1) is 6.61 Å². The Morgan fingerprint density at radius 1 is 1.37 bits per heavy atom. The van der Waals surface area contributed by atoms with Crippen LogP contribution in [0.15, 0.2) is 0 Å². The van der Waals surface area contributed by atoms with Crippen LogP contribution < -0.4 is 11.1 Å². The first-order chi connectivity index (χ1) is 9.19. The third-order valence-corrected chi connectivity index (χ3v) is 4.63. The third-order valence-electron chi connectivity index (χ3n) is 4.63. The predicted molar refractivity (Wildman–Crippen MR) is 75.7 cm³/mol. The Morgan fingerprint density at radius 2 is 2.11 bits per heavy atom. The Morgan fingerprint density at radius 3 is 2.58 bits per heavy atom. The topological polar surface area (TPSA) is 64.3 Å². The van der Waals surface area contributed by atoms with E-state index in [0.29, 0.717) is 12.5 Å². The molecule has 2 saturated carbocycles. The van der Waals surface area contributed by atoms with Crippen LogP contribution in [-0.2, 0) is 9.53 Å². The van der Waals surface area contributed by atoms with E-state index in [2.05, 4.69) is 12.2 Å². The maximum Gasteiger partial charge on any atom is 0.240 e. The highest BCUT2D eigenvalue weighted by atomic mass is 16.5. The van der Waals surface area contributed by atoms with Gasteiger partial charge in [0.15, 0.2) is 0 Å². The molecule has 0 aliphatic heterocycles. The van der Waals surface area contributed by atoms with Crippen LogP contribution in [0.4, 0.5) is 0 Å². The average molecular weight is 268 g/mol. The van der Waals surface area contributed by atoms with E-state index >= 15 is 0 Å². The Hall–Kier alpha value is -0.610. The van der Waals surface area contributed by atoms with E-state index in [1.54, 1.807) is 0 Å². The molecule has 2 rings (SSSR count). The first-order valence-corrected chi connectivity index (χ1v) is 7.81. The van der Waals surface area contributed by atoms with E-state index in [1.807, 2.05) is 0 Å². The molecular weight excluding hydrogens is 240 g/mol. The van der Waals surface area contributed by atoms with Crippen molar-refractivity contribution in [3.63, 3.8) is 0 Å². The van der Waals surface area contributed by atoms with E-state index in [1.165, 1.54) is 19.3 Å². The number of hydrogen-bond donors (Lipinski definition) is 2. The average Bonchev–Trinajstić information content (AvgIpc) is 3.14. The third kappa shape index (κ3) is 3.69. The van der Waals surface area contributed by atoms with Gasteiger partial charge in [-0.25, -0.2) is 0 Å². The van der Waals surface area contributed by atoms with Gasteiger partial charge in [0, 0.05) is 6.61 Å². The van der Waals surface area contributed by atoms with Crippen LogP contribution in [0.25, 0.3) is 0 Å². The summed E-state index contributed by atoms with van der Waals surface area (Å²) in [6.45, 7) is 4.13. The molecular formula is C15H28N2O2. The summed E-state index contributed by atoms with van der Waals surface area (Å²) < 4.78 is 5.80. The molecule has 1 unspecified atom stereocenters.